The molecule has 2 nitrogen and oxygen atoms in total. The van der Waals surface area contributed by atoms with Gasteiger partial charge in [0.15, 0.2) is 0 Å². The third kappa shape index (κ3) is 4.80. The van der Waals surface area contributed by atoms with Gasteiger partial charge < -0.3 is 5.32 Å². The van der Waals surface area contributed by atoms with Crippen molar-refractivity contribution in [2.24, 2.45) is 0 Å². The fourth-order valence-electron chi connectivity index (χ4n) is 1.06. The molecule has 0 atom stereocenters. The van der Waals surface area contributed by atoms with Crippen molar-refractivity contribution in [3.8, 4) is 0 Å². The fourth-order valence-corrected chi connectivity index (χ4v) is 1.06. The lowest BCUT2D eigenvalue weighted by Crippen LogP contribution is -2.17. The Labute approximate surface area is 93.4 Å². The van der Waals surface area contributed by atoms with Gasteiger partial charge in [-0.1, -0.05) is 0 Å². The number of benzene rings is 1. The molecule has 1 aromatic carbocycles. The zero-order valence-electron chi connectivity index (χ0n) is 8.44. The Morgan fingerprint density at radius 3 is 2.41 bits per heavy atom. The molecule has 0 spiro atoms. The maximum absolute atomic E-state index is 13.0. The standard InChI is InChI=1S/C10H8F5NO/c11-6-1-2-8(7(12)5-6)16-9(17)3-4-10(13,14)15/h1-2,5H,3-4H2,(H,16,17). The number of nitrogens with one attached hydrogen (secondary N) is 1. The Morgan fingerprint density at radius 2 is 1.88 bits per heavy atom. The monoisotopic (exact) mass is 253 g/mol. The Morgan fingerprint density at radius 1 is 1.24 bits per heavy atom. The second-order valence-electron chi connectivity index (χ2n) is 3.29. The second kappa shape index (κ2) is 5.11. The summed E-state index contributed by atoms with van der Waals surface area (Å²) in [5.74, 6) is -2.85. The molecule has 1 rings (SSSR count). The van der Waals surface area contributed by atoms with Crippen LogP contribution in [-0.4, -0.2) is 12.1 Å². The molecule has 1 aromatic rings. The second-order valence-corrected chi connectivity index (χ2v) is 3.29. The first-order valence-corrected chi connectivity index (χ1v) is 4.59. The van der Waals surface area contributed by atoms with E-state index in [0.717, 1.165) is 12.1 Å². The average Bonchev–Trinajstić information content (AvgIpc) is 2.18. The van der Waals surface area contributed by atoms with Gasteiger partial charge in [-0.2, -0.15) is 13.2 Å². The average molecular weight is 253 g/mol. The van der Waals surface area contributed by atoms with Gasteiger partial charge in [0.25, 0.3) is 0 Å². The van der Waals surface area contributed by atoms with Gasteiger partial charge in [-0.05, 0) is 12.1 Å². The largest absolute Gasteiger partial charge is 0.389 e. The molecule has 0 fully saturated rings. The summed E-state index contributed by atoms with van der Waals surface area (Å²) >= 11 is 0. The molecule has 0 aliphatic carbocycles. The van der Waals surface area contributed by atoms with Crippen LogP contribution in [0.25, 0.3) is 0 Å². The van der Waals surface area contributed by atoms with Crippen molar-refractivity contribution in [1.29, 1.82) is 0 Å². The summed E-state index contributed by atoms with van der Waals surface area (Å²) in [4.78, 5) is 11.0. The van der Waals surface area contributed by atoms with Crippen LogP contribution >= 0.6 is 0 Å². The van der Waals surface area contributed by atoms with E-state index in [2.05, 4.69) is 0 Å². The Kier molecular flexibility index (Phi) is 4.03. The van der Waals surface area contributed by atoms with Crippen molar-refractivity contribution >= 4 is 11.6 Å². The van der Waals surface area contributed by atoms with E-state index >= 15 is 0 Å². The van der Waals surface area contributed by atoms with Gasteiger partial charge >= 0.3 is 6.18 Å². The lowest BCUT2D eigenvalue weighted by molar-refractivity contribution is -0.142. The molecule has 94 valence electrons. The summed E-state index contributed by atoms with van der Waals surface area (Å²) in [5.41, 5.74) is -0.349. The number of anilines is 1. The Hall–Kier alpha value is -1.66. The fraction of sp³-hybridized carbons (Fsp3) is 0.300. The van der Waals surface area contributed by atoms with Crippen LogP contribution < -0.4 is 5.32 Å². The maximum atomic E-state index is 13.0. The molecule has 17 heavy (non-hydrogen) atoms. The zero-order chi connectivity index (χ0) is 13.1. The highest BCUT2D eigenvalue weighted by Gasteiger charge is 2.28. The third-order valence-electron chi connectivity index (χ3n) is 1.84. The first-order chi connectivity index (χ1) is 7.78. The molecular weight excluding hydrogens is 245 g/mol. The number of hydrogen-bond donors (Lipinski definition) is 1. The van der Waals surface area contributed by atoms with E-state index < -0.39 is 36.6 Å². The van der Waals surface area contributed by atoms with Crippen molar-refractivity contribution in [1.82, 2.24) is 0 Å². The summed E-state index contributed by atoms with van der Waals surface area (Å²) in [6, 6.07) is 2.36. The molecule has 1 amide bonds. The number of carbonyl (C=O) groups is 1. The molecule has 7 heteroatoms. The van der Waals surface area contributed by atoms with E-state index in [1.54, 1.807) is 0 Å². The molecular formula is C10H8F5NO. The van der Waals surface area contributed by atoms with E-state index in [1.165, 1.54) is 0 Å². The highest BCUT2D eigenvalue weighted by Crippen LogP contribution is 2.22. The van der Waals surface area contributed by atoms with Crippen LogP contribution in [0.15, 0.2) is 18.2 Å². The van der Waals surface area contributed by atoms with Crippen molar-refractivity contribution in [3.05, 3.63) is 29.8 Å². The molecule has 0 saturated heterocycles. The Bertz CT molecular complexity index is 416. The normalized spacial score (nSPS) is 11.4. The van der Waals surface area contributed by atoms with Gasteiger partial charge in [0.1, 0.15) is 11.6 Å². The zero-order valence-corrected chi connectivity index (χ0v) is 8.44. The summed E-state index contributed by atoms with van der Waals surface area (Å²) in [7, 11) is 0. The van der Waals surface area contributed by atoms with Gasteiger partial charge in [-0.3, -0.25) is 4.79 Å². The van der Waals surface area contributed by atoms with E-state index in [0.29, 0.717) is 6.07 Å². The number of amides is 1. The molecule has 0 aliphatic heterocycles. The summed E-state index contributed by atoms with van der Waals surface area (Å²) < 4.78 is 60.8. The highest BCUT2D eigenvalue weighted by atomic mass is 19.4. The van der Waals surface area contributed by atoms with E-state index in [1.807, 2.05) is 5.32 Å². The first-order valence-electron chi connectivity index (χ1n) is 4.59. The minimum absolute atomic E-state index is 0.349. The first kappa shape index (κ1) is 13.4. The van der Waals surface area contributed by atoms with Crippen LogP contribution in [0.1, 0.15) is 12.8 Å². The van der Waals surface area contributed by atoms with E-state index in [-0.39, 0.29) is 5.69 Å². The minimum atomic E-state index is -4.45. The van der Waals surface area contributed by atoms with Crippen molar-refractivity contribution in [3.63, 3.8) is 0 Å². The molecule has 0 unspecified atom stereocenters. The molecule has 1 N–H and O–H groups in total. The molecule has 0 aromatic heterocycles. The summed E-state index contributed by atoms with van der Waals surface area (Å²) in [6.07, 6.45) is -6.54. The van der Waals surface area contributed by atoms with Gasteiger partial charge in [-0.15, -0.1) is 0 Å². The van der Waals surface area contributed by atoms with Crippen LogP contribution in [0.4, 0.5) is 27.6 Å². The van der Waals surface area contributed by atoms with Gasteiger partial charge in [0.2, 0.25) is 5.91 Å². The molecule has 0 bridgehead atoms. The van der Waals surface area contributed by atoms with Gasteiger partial charge in [0, 0.05) is 12.5 Å². The van der Waals surface area contributed by atoms with Gasteiger partial charge in [-0.25, -0.2) is 8.78 Å². The minimum Gasteiger partial charge on any atom is -0.324 e. The number of rotatable bonds is 3. The van der Waals surface area contributed by atoms with Crippen LogP contribution in [0, 0.1) is 11.6 Å². The van der Waals surface area contributed by atoms with Crippen LogP contribution in [0.5, 0.6) is 0 Å². The molecule has 0 saturated carbocycles. The summed E-state index contributed by atoms with van der Waals surface area (Å²) in [5, 5.41) is 1.93. The van der Waals surface area contributed by atoms with Crippen LogP contribution in [0.3, 0.4) is 0 Å². The predicted octanol–water partition coefficient (Wildman–Crippen LogP) is 3.25. The summed E-state index contributed by atoms with van der Waals surface area (Å²) in [6.45, 7) is 0. The maximum Gasteiger partial charge on any atom is 0.389 e. The SMILES string of the molecule is O=C(CCC(F)(F)F)Nc1ccc(F)cc1F. The topological polar surface area (TPSA) is 29.1 Å². The van der Waals surface area contributed by atoms with Crippen LogP contribution in [-0.2, 0) is 4.79 Å². The molecule has 0 aliphatic rings. The molecule has 0 heterocycles. The lowest BCUT2D eigenvalue weighted by atomic mass is 10.2. The number of hydrogen-bond acceptors (Lipinski definition) is 1. The van der Waals surface area contributed by atoms with Crippen molar-refractivity contribution in [2.45, 2.75) is 19.0 Å². The van der Waals surface area contributed by atoms with Gasteiger partial charge in [0.05, 0.1) is 12.1 Å². The van der Waals surface area contributed by atoms with Crippen molar-refractivity contribution in [2.75, 3.05) is 5.32 Å². The third-order valence-corrected chi connectivity index (χ3v) is 1.84. The quantitative estimate of drug-likeness (QED) is 0.823. The van der Waals surface area contributed by atoms with E-state index in [9.17, 15) is 26.7 Å². The predicted molar refractivity (Wildman–Crippen MR) is 50.3 cm³/mol. The lowest BCUT2D eigenvalue weighted by Gasteiger charge is -2.08. The van der Waals surface area contributed by atoms with Crippen LogP contribution in [0.2, 0.25) is 0 Å². The van der Waals surface area contributed by atoms with E-state index in [4.69, 9.17) is 0 Å². The molecule has 0 radical (unpaired) electrons. The van der Waals surface area contributed by atoms with Crippen molar-refractivity contribution < 1.29 is 26.7 Å². The number of halogens is 5. The number of carbonyl (C=O) groups excluding carboxylic acids is 1. The Balaban J connectivity index is 2.57. The smallest absolute Gasteiger partial charge is 0.324 e. The highest BCUT2D eigenvalue weighted by molar-refractivity contribution is 5.90. The number of alkyl halides is 3.